The zero-order chi connectivity index (χ0) is 22.5. The predicted molar refractivity (Wildman–Crippen MR) is 126 cm³/mol. The number of hydrogen-bond donors (Lipinski definition) is 1. The first-order chi connectivity index (χ1) is 15.6. The van der Waals surface area contributed by atoms with Crippen LogP contribution in [-0.2, 0) is 11.4 Å². The van der Waals surface area contributed by atoms with Crippen LogP contribution < -0.4 is 14.8 Å². The topological polar surface area (TPSA) is 67.9 Å². The molecule has 0 aromatic heterocycles. The third-order valence-electron chi connectivity index (χ3n) is 5.75. The number of rotatable bonds is 7. The molecule has 168 valence electrons. The Morgan fingerprint density at radius 3 is 2.50 bits per heavy atom. The minimum absolute atomic E-state index is 0.0154. The van der Waals surface area contributed by atoms with E-state index in [0.29, 0.717) is 24.7 Å². The zero-order valence-corrected chi connectivity index (χ0v) is 19.7. The predicted octanol–water partition coefficient (Wildman–Crippen LogP) is 5.65. The van der Waals surface area contributed by atoms with Gasteiger partial charge in [-0.1, -0.05) is 65.5 Å². The molecule has 0 spiro atoms. The van der Waals surface area contributed by atoms with Gasteiger partial charge < -0.3 is 14.8 Å². The summed E-state index contributed by atoms with van der Waals surface area (Å²) in [6.07, 6.45) is 6.70. The summed E-state index contributed by atoms with van der Waals surface area (Å²) in [4.78, 5) is 26.9. The van der Waals surface area contributed by atoms with Crippen LogP contribution in [0.1, 0.15) is 50.2 Å². The number of halogens is 1. The Labute approximate surface area is 196 Å². The number of nitrogens with zero attached hydrogens (tertiary/aromatic N) is 1. The van der Waals surface area contributed by atoms with Crippen LogP contribution in [0.25, 0.3) is 6.08 Å². The van der Waals surface area contributed by atoms with Gasteiger partial charge in [0.05, 0.1) is 6.61 Å². The third kappa shape index (κ3) is 4.99. The summed E-state index contributed by atoms with van der Waals surface area (Å²) in [5.74, 6) is 0.922. The molecule has 0 atom stereocenters. The van der Waals surface area contributed by atoms with Gasteiger partial charge in [0.15, 0.2) is 11.5 Å². The summed E-state index contributed by atoms with van der Waals surface area (Å²) in [5.41, 5.74) is 2.07. The van der Waals surface area contributed by atoms with Gasteiger partial charge in [-0.2, -0.15) is 0 Å². The van der Waals surface area contributed by atoms with Crippen molar-refractivity contribution in [3.05, 3.63) is 63.8 Å². The Morgan fingerprint density at radius 2 is 1.78 bits per heavy atom. The Bertz CT molecular complexity index is 1020. The van der Waals surface area contributed by atoms with Crippen LogP contribution in [0.2, 0.25) is 0 Å². The van der Waals surface area contributed by atoms with Gasteiger partial charge in [0, 0.05) is 10.5 Å². The first kappa shape index (κ1) is 22.4. The fraction of sp³-hybridized carbons (Fsp3) is 0.360. The molecule has 1 saturated carbocycles. The molecule has 1 aliphatic heterocycles. The molecule has 3 amide bonds. The summed E-state index contributed by atoms with van der Waals surface area (Å²) in [6, 6.07) is 13.2. The van der Waals surface area contributed by atoms with Gasteiger partial charge in [-0.3, -0.25) is 9.69 Å². The number of imide groups is 1. The molecule has 0 radical (unpaired) electrons. The Balaban J connectivity index is 1.56. The molecule has 1 N–H and O–H groups in total. The lowest BCUT2D eigenvalue weighted by atomic mass is 9.94. The normalized spacial score (nSPS) is 18.2. The van der Waals surface area contributed by atoms with Crippen molar-refractivity contribution in [3.8, 4) is 11.5 Å². The van der Waals surface area contributed by atoms with Crippen molar-refractivity contribution < 1.29 is 19.1 Å². The molecule has 0 unspecified atom stereocenters. The van der Waals surface area contributed by atoms with E-state index in [1.165, 1.54) is 4.90 Å². The van der Waals surface area contributed by atoms with Crippen LogP contribution in [0.3, 0.4) is 0 Å². The van der Waals surface area contributed by atoms with Crippen molar-refractivity contribution in [2.45, 2.75) is 51.7 Å². The number of benzene rings is 2. The van der Waals surface area contributed by atoms with Gasteiger partial charge in [0.1, 0.15) is 12.3 Å². The molecular weight excluding hydrogens is 472 g/mol. The van der Waals surface area contributed by atoms with Crippen LogP contribution in [0.5, 0.6) is 11.5 Å². The highest BCUT2D eigenvalue weighted by Gasteiger charge is 2.39. The lowest BCUT2D eigenvalue weighted by Gasteiger charge is -2.28. The van der Waals surface area contributed by atoms with Gasteiger partial charge in [-0.15, -0.1) is 0 Å². The number of urea groups is 1. The quantitative estimate of drug-likeness (QED) is 0.395. The largest absolute Gasteiger partial charge is 0.490 e. The maximum Gasteiger partial charge on any atom is 0.329 e. The van der Waals surface area contributed by atoms with Crippen LogP contribution >= 0.6 is 15.9 Å². The zero-order valence-electron chi connectivity index (χ0n) is 18.1. The summed E-state index contributed by atoms with van der Waals surface area (Å²) in [7, 11) is 0. The molecule has 32 heavy (non-hydrogen) atoms. The van der Waals surface area contributed by atoms with Crippen molar-refractivity contribution in [1.29, 1.82) is 0 Å². The molecule has 6 nitrogen and oxygen atoms in total. The molecule has 7 heteroatoms. The van der Waals surface area contributed by atoms with E-state index in [1.807, 2.05) is 49.4 Å². The maximum absolute atomic E-state index is 13.0. The highest BCUT2D eigenvalue weighted by atomic mass is 79.9. The smallest absolute Gasteiger partial charge is 0.329 e. The summed E-state index contributed by atoms with van der Waals surface area (Å²) >= 11 is 3.57. The van der Waals surface area contributed by atoms with E-state index in [1.54, 1.807) is 6.08 Å². The monoisotopic (exact) mass is 498 g/mol. The average molecular weight is 499 g/mol. The van der Waals surface area contributed by atoms with Gasteiger partial charge in [0.25, 0.3) is 5.91 Å². The molecule has 2 aliphatic rings. The molecule has 4 rings (SSSR count). The SMILES string of the molecule is CCOc1cc(/C=C2\NC(=O)N(C3CCCCC3)C2=O)c(Br)cc1OCc1ccccc1. The lowest BCUT2D eigenvalue weighted by molar-refractivity contribution is -0.124. The second kappa shape index (κ2) is 10.2. The van der Waals surface area contributed by atoms with Crippen molar-refractivity contribution in [3.63, 3.8) is 0 Å². The van der Waals surface area contributed by atoms with E-state index in [4.69, 9.17) is 9.47 Å². The second-order valence-electron chi connectivity index (χ2n) is 7.98. The Kier molecular flexibility index (Phi) is 7.15. The molecule has 0 bridgehead atoms. The van der Waals surface area contributed by atoms with Gasteiger partial charge in [-0.25, -0.2) is 4.79 Å². The molecular formula is C25H27BrN2O4. The van der Waals surface area contributed by atoms with Crippen molar-refractivity contribution >= 4 is 33.9 Å². The number of ether oxygens (including phenoxy) is 2. The molecule has 1 aliphatic carbocycles. The van der Waals surface area contributed by atoms with Gasteiger partial charge >= 0.3 is 6.03 Å². The average Bonchev–Trinajstić information content (AvgIpc) is 3.09. The number of carbonyl (C=O) groups excluding carboxylic acids is 2. The molecule has 2 aromatic rings. The van der Waals surface area contributed by atoms with Crippen LogP contribution in [-0.4, -0.2) is 29.5 Å². The minimum Gasteiger partial charge on any atom is -0.490 e. The van der Waals surface area contributed by atoms with E-state index >= 15 is 0 Å². The van der Waals surface area contributed by atoms with E-state index in [-0.39, 0.29) is 23.7 Å². The fourth-order valence-electron chi connectivity index (χ4n) is 4.15. The Hall–Kier alpha value is -2.80. The number of amides is 3. The highest BCUT2D eigenvalue weighted by molar-refractivity contribution is 9.10. The highest BCUT2D eigenvalue weighted by Crippen LogP contribution is 2.36. The standard InChI is InChI=1S/C25H27BrN2O4/c1-2-31-22-14-18(20(26)15-23(22)32-16-17-9-5-3-6-10-17)13-21-24(29)28(25(30)27-21)19-11-7-4-8-12-19/h3,5-6,9-10,13-15,19H,2,4,7-8,11-12,16H2,1H3,(H,27,30)/b21-13-. The van der Waals surface area contributed by atoms with E-state index in [0.717, 1.165) is 47.7 Å². The first-order valence-corrected chi connectivity index (χ1v) is 11.9. The first-order valence-electron chi connectivity index (χ1n) is 11.1. The van der Waals surface area contributed by atoms with Crippen LogP contribution in [0, 0.1) is 0 Å². The minimum atomic E-state index is -0.336. The Morgan fingerprint density at radius 1 is 1.06 bits per heavy atom. The molecule has 1 heterocycles. The molecule has 1 saturated heterocycles. The molecule has 2 fully saturated rings. The number of carbonyl (C=O) groups is 2. The summed E-state index contributed by atoms with van der Waals surface area (Å²) < 4.78 is 12.5. The lowest BCUT2D eigenvalue weighted by Crippen LogP contribution is -2.41. The molecule has 2 aromatic carbocycles. The van der Waals surface area contributed by atoms with E-state index in [9.17, 15) is 9.59 Å². The van der Waals surface area contributed by atoms with Crippen molar-refractivity contribution in [1.82, 2.24) is 10.2 Å². The van der Waals surface area contributed by atoms with Crippen LogP contribution in [0.15, 0.2) is 52.6 Å². The van der Waals surface area contributed by atoms with E-state index < -0.39 is 0 Å². The van der Waals surface area contributed by atoms with Crippen LogP contribution in [0.4, 0.5) is 4.79 Å². The summed E-state index contributed by atoms with van der Waals surface area (Å²) in [5, 5.41) is 2.75. The number of hydrogen-bond acceptors (Lipinski definition) is 4. The van der Waals surface area contributed by atoms with Gasteiger partial charge in [0.2, 0.25) is 0 Å². The number of nitrogens with one attached hydrogen (secondary N) is 1. The summed E-state index contributed by atoms with van der Waals surface area (Å²) in [6.45, 7) is 2.80. The maximum atomic E-state index is 13.0. The fourth-order valence-corrected chi connectivity index (χ4v) is 4.59. The van der Waals surface area contributed by atoms with E-state index in [2.05, 4.69) is 21.2 Å². The van der Waals surface area contributed by atoms with Crippen molar-refractivity contribution in [2.24, 2.45) is 0 Å². The van der Waals surface area contributed by atoms with Crippen molar-refractivity contribution in [2.75, 3.05) is 6.61 Å². The third-order valence-corrected chi connectivity index (χ3v) is 6.44. The van der Waals surface area contributed by atoms with Gasteiger partial charge in [-0.05, 0) is 49.1 Å². The second-order valence-corrected chi connectivity index (χ2v) is 8.84.